The molecule has 1 N–H and O–H groups in total. The maximum absolute atomic E-state index is 12.3. The van der Waals surface area contributed by atoms with E-state index in [9.17, 15) is 18.5 Å². The van der Waals surface area contributed by atoms with Crippen LogP contribution in [0, 0.1) is 10.1 Å². The van der Waals surface area contributed by atoms with Gasteiger partial charge in [0, 0.05) is 37.5 Å². The normalized spacial score (nSPS) is 15.0. The smallest absolute Gasteiger partial charge is 0.269 e. The van der Waals surface area contributed by atoms with Crippen molar-refractivity contribution in [2.24, 2.45) is 0 Å². The van der Waals surface area contributed by atoms with Crippen LogP contribution in [0.25, 0.3) is 0 Å². The highest BCUT2D eigenvalue weighted by Gasteiger charge is 2.16. The number of ether oxygens (including phenoxy) is 1. The third-order valence-electron chi connectivity index (χ3n) is 4.14. The number of sulfonamides is 1. The molecule has 3 rings (SSSR count). The van der Waals surface area contributed by atoms with Gasteiger partial charge in [-0.2, -0.15) is 0 Å². The summed E-state index contributed by atoms with van der Waals surface area (Å²) in [6.45, 7) is 3.23. The largest absolute Gasteiger partial charge is 0.378 e. The van der Waals surface area contributed by atoms with E-state index in [0.717, 1.165) is 24.3 Å². The molecule has 2 aromatic carbocycles. The summed E-state index contributed by atoms with van der Waals surface area (Å²) in [5.41, 5.74) is 1.76. The van der Waals surface area contributed by atoms with Crippen LogP contribution in [0.3, 0.4) is 0 Å². The molecule has 0 aliphatic carbocycles. The first kappa shape index (κ1) is 18.3. The summed E-state index contributed by atoms with van der Waals surface area (Å²) < 4.78 is 32.4. The van der Waals surface area contributed by atoms with Crippen molar-refractivity contribution in [1.29, 1.82) is 0 Å². The average Bonchev–Trinajstić information content (AvgIpc) is 2.67. The molecule has 1 aliphatic heterocycles. The van der Waals surface area contributed by atoms with Crippen LogP contribution in [0.1, 0.15) is 5.56 Å². The van der Waals surface area contributed by atoms with Crippen molar-refractivity contribution in [3.8, 4) is 0 Å². The fraction of sp³-hybridized carbons (Fsp3) is 0.294. The zero-order chi connectivity index (χ0) is 18.6. The van der Waals surface area contributed by atoms with E-state index in [-0.39, 0.29) is 17.1 Å². The molecule has 0 spiro atoms. The minimum absolute atomic E-state index is 0.00645. The van der Waals surface area contributed by atoms with E-state index in [1.165, 1.54) is 24.3 Å². The Kier molecular flexibility index (Phi) is 5.50. The molecule has 1 heterocycles. The van der Waals surface area contributed by atoms with Gasteiger partial charge < -0.3 is 9.64 Å². The molecule has 8 nitrogen and oxygen atoms in total. The maximum atomic E-state index is 12.3. The van der Waals surface area contributed by atoms with Crippen molar-refractivity contribution >= 4 is 21.4 Å². The van der Waals surface area contributed by atoms with Crippen LogP contribution in [0.4, 0.5) is 11.4 Å². The molecule has 0 amide bonds. The SMILES string of the molecule is O=[N+]([O-])c1ccc(S(=O)(=O)NCc2ccc(N3CCOCC3)cc2)cc1. The number of rotatable bonds is 6. The lowest BCUT2D eigenvalue weighted by Crippen LogP contribution is -2.36. The highest BCUT2D eigenvalue weighted by atomic mass is 32.2. The van der Waals surface area contributed by atoms with Gasteiger partial charge in [-0.3, -0.25) is 10.1 Å². The fourth-order valence-electron chi connectivity index (χ4n) is 2.65. The number of nitrogens with zero attached hydrogens (tertiary/aromatic N) is 2. The molecule has 0 atom stereocenters. The van der Waals surface area contributed by atoms with Crippen molar-refractivity contribution in [2.75, 3.05) is 31.2 Å². The molecule has 0 bridgehead atoms. The highest BCUT2D eigenvalue weighted by molar-refractivity contribution is 7.89. The number of nitrogens with one attached hydrogen (secondary N) is 1. The second-order valence-corrected chi connectivity index (χ2v) is 7.61. The first-order valence-corrected chi connectivity index (χ1v) is 9.60. The third kappa shape index (κ3) is 4.37. The van der Waals surface area contributed by atoms with E-state index >= 15 is 0 Å². The Hall–Kier alpha value is -2.49. The van der Waals surface area contributed by atoms with Gasteiger partial charge in [-0.1, -0.05) is 12.1 Å². The number of hydrogen-bond donors (Lipinski definition) is 1. The first-order valence-electron chi connectivity index (χ1n) is 8.11. The monoisotopic (exact) mass is 377 g/mol. The lowest BCUT2D eigenvalue weighted by Gasteiger charge is -2.28. The van der Waals surface area contributed by atoms with Crippen molar-refractivity contribution in [1.82, 2.24) is 4.72 Å². The molecule has 0 unspecified atom stereocenters. The number of nitro benzene ring substituents is 1. The summed E-state index contributed by atoms with van der Waals surface area (Å²) in [6, 6.07) is 12.5. The van der Waals surface area contributed by atoms with E-state index in [4.69, 9.17) is 4.74 Å². The van der Waals surface area contributed by atoms with Gasteiger partial charge >= 0.3 is 0 Å². The number of nitro groups is 1. The molecule has 1 fully saturated rings. The third-order valence-corrected chi connectivity index (χ3v) is 5.55. The van der Waals surface area contributed by atoms with Crippen LogP contribution < -0.4 is 9.62 Å². The highest BCUT2D eigenvalue weighted by Crippen LogP contribution is 2.18. The number of morpholine rings is 1. The van der Waals surface area contributed by atoms with Gasteiger partial charge in [0.25, 0.3) is 5.69 Å². The second-order valence-electron chi connectivity index (χ2n) is 5.84. The molecule has 2 aromatic rings. The van der Waals surface area contributed by atoms with Gasteiger partial charge in [0.15, 0.2) is 0 Å². The van der Waals surface area contributed by atoms with E-state index in [1.54, 1.807) is 0 Å². The zero-order valence-corrected chi connectivity index (χ0v) is 14.8. The van der Waals surface area contributed by atoms with Crippen molar-refractivity contribution < 1.29 is 18.1 Å². The summed E-state index contributed by atoms with van der Waals surface area (Å²) in [6.07, 6.45) is 0. The van der Waals surface area contributed by atoms with E-state index in [1.807, 2.05) is 24.3 Å². The first-order chi connectivity index (χ1) is 12.5. The van der Waals surface area contributed by atoms with Gasteiger partial charge in [0.1, 0.15) is 0 Å². The Morgan fingerprint density at radius 2 is 1.65 bits per heavy atom. The molecule has 1 aliphatic rings. The Morgan fingerprint density at radius 1 is 1.04 bits per heavy atom. The van der Waals surface area contributed by atoms with Crippen LogP contribution >= 0.6 is 0 Å². The van der Waals surface area contributed by atoms with Crippen molar-refractivity contribution in [2.45, 2.75) is 11.4 Å². The molecule has 0 radical (unpaired) electrons. The zero-order valence-electron chi connectivity index (χ0n) is 14.0. The quantitative estimate of drug-likeness (QED) is 0.609. The number of anilines is 1. The summed E-state index contributed by atoms with van der Waals surface area (Å²) in [5, 5.41) is 10.6. The number of benzene rings is 2. The number of non-ortho nitro benzene ring substituents is 1. The summed E-state index contributed by atoms with van der Waals surface area (Å²) in [7, 11) is -3.73. The Balaban J connectivity index is 1.62. The summed E-state index contributed by atoms with van der Waals surface area (Å²) >= 11 is 0. The topological polar surface area (TPSA) is 102 Å². The predicted octanol–water partition coefficient (Wildman–Crippen LogP) is 1.91. The lowest BCUT2D eigenvalue weighted by molar-refractivity contribution is -0.384. The fourth-order valence-corrected chi connectivity index (χ4v) is 3.67. The van der Waals surface area contributed by atoms with Crippen LogP contribution in [0.5, 0.6) is 0 Å². The van der Waals surface area contributed by atoms with E-state index in [0.29, 0.717) is 13.2 Å². The average molecular weight is 377 g/mol. The molecular weight excluding hydrogens is 358 g/mol. The second kappa shape index (κ2) is 7.81. The van der Waals surface area contributed by atoms with Crippen LogP contribution in [-0.4, -0.2) is 39.6 Å². The molecule has 1 saturated heterocycles. The molecule has 26 heavy (non-hydrogen) atoms. The van der Waals surface area contributed by atoms with Crippen LogP contribution in [0.15, 0.2) is 53.4 Å². The minimum Gasteiger partial charge on any atom is -0.378 e. The molecule has 0 saturated carbocycles. The molecular formula is C17H19N3O5S. The predicted molar refractivity (Wildman–Crippen MR) is 96.6 cm³/mol. The molecule has 138 valence electrons. The lowest BCUT2D eigenvalue weighted by atomic mass is 10.2. The summed E-state index contributed by atoms with van der Waals surface area (Å²) in [4.78, 5) is 12.3. The van der Waals surface area contributed by atoms with Gasteiger partial charge in [0.2, 0.25) is 10.0 Å². The van der Waals surface area contributed by atoms with Crippen molar-refractivity contribution in [3.63, 3.8) is 0 Å². The Bertz CT molecular complexity index is 860. The molecule has 0 aromatic heterocycles. The van der Waals surface area contributed by atoms with E-state index < -0.39 is 14.9 Å². The standard InChI is InChI=1S/C17H19N3O5S/c21-20(22)16-5-7-17(8-6-16)26(23,24)18-13-14-1-3-15(4-2-14)19-9-11-25-12-10-19/h1-8,18H,9-13H2. The number of hydrogen-bond acceptors (Lipinski definition) is 6. The summed E-state index contributed by atoms with van der Waals surface area (Å²) in [5.74, 6) is 0. The Labute approximate surface area is 151 Å². The molecule has 9 heteroatoms. The van der Waals surface area contributed by atoms with Gasteiger partial charge in [-0.05, 0) is 29.8 Å². The Morgan fingerprint density at radius 3 is 2.23 bits per heavy atom. The van der Waals surface area contributed by atoms with Crippen molar-refractivity contribution in [3.05, 3.63) is 64.2 Å². The van der Waals surface area contributed by atoms with Gasteiger partial charge in [-0.15, -0.1) is 0 Å². The van der Waals surface area contributed by atoms with E-state index in [2.05, 4.69) is 9.62 Å². The van der Waals surface area contributed by atoms with Gasteiger partial charge in [0.05, 0.1) is 23.0 Å². The maximum Gasteiger partial charge on any atom is 0.269 e. The van der Waals surface area contributed by atoms with Crippen LogP contribution in [-0.2, 0) is 21.3 Å². The minimum atomic E-state index is -3.73. The van der Waals surface area contributed by atoms with Crippen LogP contribution in [0.2, 0.25) is 0 Å². The van der Waals surface area contributed by atoms with Gasteiger partial charge in [-0.25, -0.2) is 13.1 Å².